The standard InChI is InChI=1S/C16H20BCl2FO4/c1-15(2)16(3,4)24-17(23-15)8-9(20)12-13(18)10(21-5)7-11(22-6)14(12)19/h7-8H,1-6H3/b9-8-. The fraction of sp³-hybridized carbons (Fsp3) is 0.500. The van der Waals surface area contributed by atoms with Crippen molar-refractivity contribution in [2.45, 2.75) is 38.9 Å². The summed E-state index contributed by atoms with van der Waals surface area (Å²) < 4.78 is 36.7. The Bertz CT molecular complexity index is 632. The number of rotatable bonds is 4. The summed E-state index contributed by atoms with van der Waals surface area (Å²) in [6, 6.07) is 1.50. The van der Waals surface area contributed by atoms with Gasteiger partial charge in [-0.2, -0.15) is 0 Å². The van der Waals surface area contributed by atoms with Gasteiger partial charge in [-0.05, 0) is 33.7 Å². The molecule has 0 amide bonds. The van der Waals surface area contributed by atoms with E-state index in [4.69, 9.17) is 42.0 Å². The molecule has 0 aromatic heterocycles. The third kappa shape index (κ3) is 3.38. The predicted molar refractivity (Wildman–Crippen MR) is 94.7 cm³/mol. The monoisotopic (exact) mass is 376 g/mol. The second kappa shape index (κ2) is 6.75. The number of methoxy groups -OCH3 is 2. The Balaban J connectivity index is 2.45. The molecule has 1 aromatic rings. The maximum absolute atomic E-state index is 14.9. The summed E-state index contributed by atoms with van der Waals surface area (Å²) in [6.07, 6.45) is 0. The summed E-state index contributed by atoms with van der Waals surface area (Å²) in [5, 5.41) is 0.0992. The van der Waals surface area contributed by atoms with Gasteiger partial charge in [-0.3, -0.25) is 0 Å². The average Bonchev–Trinajstić information content (AvgIpc) is 2.66. The Morgan fingerprint density at radius 1 is 1.04 bits per heavy atom. The van der Waals surface area contributed by atoms with Crippen molar-refractivity contribution in [3.8, 4) is 11.5 Å². The van der Waals surface area contributed by atoms with Gasteiger partial charge in [0.15, 0.2) is 0 Å². The van der Waals surface area contributed by atoms with Gasteiger partial charge >= 0.3 is 7.12 Å². The number of benzene rings is 1. The van der Waals surface area contributed by atoms with Crippen molar-refractivity contribution in [1.29, 1.82) is 0 Å². The summed E-state index contributed by atoms with van der Waals surface area (Å²) >= 11 is 12.4. The van der Waals surface area contributed by atoms with Crippen LogP contribution in [0.1, 0.15) is 33.3 Å². The molecule has 0 bridgehead atoms. The molecule has 24 heavy (non-hydrogen) atoms. The van der Waals surface area contributed by atoms with Crippen LogP contribution in [0.15, 0.2) is 12.0 Å². The van der Waals surface area contributed by atoms with E-state index in [1.165, 1.54) is 26.3 Å². The molecule has 132 valence electrons. The van der Waals surface area contributed by atoms with E-state index in [1.54, 1.807) is 0 Å². The van der Waals surface area contributed by atoms with Crippen LogP contribution in [0.3, 0.4) is 0 Å². The second-order valence-corrected chi connectivity index (χ2v) is 7.18. The maximum atomic E-state index is 14.9. The highest BCUT2D eigenvalue weighted by Crippen LogP contribution is 2.45. The van der Waals surface area contributed by atoms with Gasteiger partial charge in [0.2, 0.25) is 0 Å². The van der Waals surface area contributed by atoms with Crippen molar-refractivity contribution in [3.05, 3.63) is 27.7 Å². The van der Waals surface area contributed by atoms with Crippen LogP contribution in [0.2, 0.25) is 10.0 Å². The minimum Gasteiger partial charge on any atom is -0.495 e. The van der Waals surface area contributed by atoms with E-state index in [2.05, 4.69) is 0 Å². The molecule has 0 atom stereocenters. The Kier molecular flexibility index (Phi) is 5.45. The first-order valence-corrected chi connectivity index (χ1v) is 8.13. The SMILES string of the molecule is COc1cc(OC)c(Cl)c(/C(F)=C/B2OC(C)(C)C(C)(C)O2)c1Cl. The lowest BCUT2D eigenvalue weighted by atomic mass is 9.88. The molecule has 1 heterocycles. The van der Waals surface area contributed by atoms with Crippen LogP contribution in [0.5, 0.6) is 11.5 Å². The van der Waals surface area contributed by atoms with Crippen LogP contribution in [-0.4, -0.2) is 32.5 Å². The fourth-order valence-electron chi connectivity index (χ4n) is 2.25. The van der Waals surface area contributed by atoms with Gasteiger partial charge in [0.05, 0.1) is 41.0 Å². The molecule has 2 rings (SSSR count). The number of hydrogen-bond donors (Lipinski definition) is 0. The third-order valence-electron chi connectivity index (χ3n) is 4.37. The molecular weight excluding hydrogens is 357 g/mol. The molecule has 1 saturated heterocycles. The molecule has 0 saturated carbocycles. The van der Waals surface area contributed by atoms with Crippen LogP contribution in [0.4, 0.5) is 4.39 Å². The van der Waals surface area contributed by atoms with E-state index < -0.39 is 24.1 Å². The molecule has 0 aliphatic carbocycles. The Hall–Kier alpha value is -0.945. The van der Waals surface area contributed by atoms with Gasteiger partial charge < -0.3 is 18.8 Å². The van der Waals surface area contributed by atoms with E-state index in [0.717, 1.165) is 0 Å². The van der Waals surface area contributed by atoms with E-state index in [-0.39, 0.29) is 27.1 Å². The minimum absolute atomic E-state index is 0.0238. The first kappa shape index (κ1) is 19.4. The molecule has 4 nitrogen and oxygen atoms in total. The van der Waals surface area contributed by atoms with Gasteiger partial charge in [-0.25, -0.2) is 4.39 Å². The van der Waals surface area contributed by atoms with Crippen LogP contribution >= 0.6 is 23.2 Å². The summed E-state index contributed by atoms with van der Waals surface area (Å²) in [5.41, 5.74) is -1.17. The number of ether oxygens (including phenoxy) is 2. The zero-order chi connectivity index (χ0) is 18.3. The largest absolute Gasteiger partial charge is 0.495 e. The van der Waals surface area contributed by atoms with Crippen molar-refractivity contribution < 1.29 is 23.2 Å². The summed E-state index contributed by atoms with van der Waals surface area (Å²) in [4.78, 5) is 0. The lowest BCUT2D eigenvalue weighted by Crippen LogP contribution is -2.41. The summed E-state index contributed by atoms with van der Waals surface area (Å²) in [7, 11) is 1.99. The molecule has 0 spiro atoms. The van der Waals surface area contributed by atoms with Crippen LogP contribution in [0.25, 0.3) is 5.83 Å². The predicted octanol–water partition coefficient (Wildman–Crippen LogP) is 4.95. The van der Waals surface area contributed by atoms with E-state index >= 15 is 0 Å². The van der Waals surface area contributed by atoms with E-state index in [9.17, 15) is 4.39 Å². The second-order valence-electron chi connectivity index (χ2n) is 6.42. The lowest BCUT2D eigenvalue weighted by molar-refractivity contribution is 0.00578. The van der Waals surface area contributed by atoms with Crippen molar-refractivity contribution in [2.75, 3.05) is 14.2 Å². The quantitative estimate of drug-likeness (QED) is 0.696. The highest BCUT2D eigenvalue weighted by Gasteiger charge is 2.50. The smallest absolute Gasteiger partial charge is 0.490 e. The Morgan fingerprint density at radius 3 is 1.83 bits per heavy atom. The molecule has 0 N–H and O–H groups in total. The molecule has 0 unspecified atom stereocenters. The lowest BCUT2D eigenvalue weighted by Gasteiger charge is -2.32. The molecule has 1 aliphatic rings. The fourth-order valence-corrected chi connectivity index (χ4v) is 2.94. The molecule has 1 aromatic carbocycles. The van der Waals surface area contributed by atoms with Crippen molar-refractivity contribution in [1.82, 2.24) is 0 Å². The van der Waals surface area contributed by atoms with Crippen molar-refractivity contribution in [3.63, 3.8) is 0 Å². The van der Waals surface area contributed by atoms with Crippen LogP contribution < -0.4 is 9.47 Å². The molecule has 8 heteroatoms. The van der Waals surface area contributed by atoms with Gasteiger partial charge in [-0.1, -0.05) is 23.2 Å². The topological polar surface area (TPSA) is 36.9 Å². The number of halogens is 3. The van der Waals surface area contributed by atoms with Gasteiger partial charge in [0, 0.05) is 6.07 Å². The number of hydrogen-bond acceptors (Lipinski definition) is 4. The highest BCUT2D eigenvalue weighted by molar-refractivity contribution is 6.53. The summed E-state index contributed by atoms with van der Waals surface area (Å²) in [5.74, 6) is 1.03. The zero-order valence-electron chi connectivity index (χ0n) is 14.5. The van der Waals surface area contributed by atoms with Crippen LogP contribution in [-0.2, 0) is 9.31 Å². The van der Waals surface area contributed by atoms with Gasteiger partial charge in [0.1, 0.15) is 17.3 Å². The van der Waals surface area contributed by atoms with Gasteiger partial charge in [-0.15, -0.1) is 0 Å². The maximum Gasteiger partial charge on any atom is 0.490 e. The first-order valence-electron chi connectivity index (χ1n) is 7.37. The molecular formula is C16H20BCl2FO4. The van der Waals surface area contributed by atoms with E-state index in [0.29, 0.717) is 0 Å². The summed E-state index contributed by atoms with van der Waals surface area (Å²) in [6.45, 7) is 7.53. The minimum atomic E-state index is -0.862. The normalized spacial score (nSPS) is 19.5. The van der Waals surface area contributed by atoms with Crippen molar-refractivity contribution >= 4 is 36.1 Å². The van der Waals surface area contributed by atoms with Crippen LogP contribution in [0, 0.1) is 0 Å². The highest BCUT2D eigenvalue weighted by atomic mass is 35.5. The van der Waals surface area contributed by atoms with E-state index in [1.807, 2.05) is 27.7 Å². The average molecular weight is 377 g/mol. The zero-order valence-corrected chi connectivity index (χ0v) is 16.0. The molecule has 0 radical (unpaired) electrons. The Labute approximate surface area is 152 Å². The Morgan fingerprint density at radius 2 is 1.46 bits per heavy atom. The first-order chi connectivity index (χ1) is 11.0. The third-order valence-corrected chi connectivity index (χ3v) is 5.12. The molecule has 1 fully saturated rings. The van der Waals surface area contributed by atoms with Crippen molar-refractivity contribution in [2.24, 2.45) is 0 Å². The van der Waals surface area contributed by atoms with Gasteiger partial charge in [0.25, 0.3) is 0 Å². The molecule has 1 aliphatic heterocycles.